The van der Waals surface area contributed by atoms with Crippen LogP contribution in [-0.4, -0.2) is 36.8 Å². The molecule has 0 radical (unpaired) electrons. The van der Waals surface area contributed by atoms with E-state index in [0.29, 0.717) is 11.8 Å². The van der Waals surface area contributed by atoms with E-state index in [1.165, 1.54) is 6.07 Å². The standard InChI is InChI=1S/C23H19F6N5O2/c1-12(2)36-21(35)16(14-5-6-18(30-9-14)22(24,25)26)10-34-11-31-20(33-34)15-7-17(13-3-4-13)32-19(8-15)23(27,28)29/h5-13H,3-4H2,1-2H3/b16-10+. The molecule has 0 aromatic carbocycles. The molecular weight excluding hydrogens is 492 g/mol. The lowest BCUT2D eigenvalue weighted by Crippen LogP contribution is -2.14. The number of carbonyl (C=O) groups excluding carboxylic acids is 1. The highest BCUT2D eigenvalue weighted by Gasteiger charge is 2.36. The lowest BCUT2D eigenvalue weighted by atomic mass is 10.1. The minimum absolute atomic E-state index is 0.0185. The number of pyridine rings is 2. The van der Waals surface area contributed by atoms with Crippen LogP contribution < -0.4 is 0 Å². The first kappa shape index (κ1) is 25.3. The molecule has 1 aliphatic carbocycles. The molecule has 36 heavy (non-hydrogen) atoms. The number of hydrogen-bond acceptors (Lipinski definition) is 6. The SMILES string of the molecule is CC(C)OC(=O)/C(=C/n1cnc(-c2cc(C3CC3)nc(C(F)(F)F)c2)n1)c1ccc(C(F)(F)F)nc1. The van der Waals surface area contributed by atoms with Gasteiger partial charge >= 0.3 is 18.3 Å². The molecule has 13 heteroatoms. The molecule has 0 amide bonds. The normalized spacial score (nSPS) is 14.9. The Labute approximate surface area is 200 Å². The lowest BCUT2D eigenvalue weighted by Gasteiger charge is -2.12. The van der Waals surface area contributed by atoms with Crippen molar-refractivity contribution in [3.63, 3.8) is 0 Å². The van der Waals surface area contributed by atoms with Gasteiger partial charge in [0.25, 0.3) is 0 Å². The first-order valence-corrected chi connectivity index (χ1v) is 10.8. The summed E-state index contributed by atoms with van der Waals surface area (Å²) >= 11 is 0. The van der Waals surface area contributed by atoms with Crippen molar-refractivity contribution in [1.82, 2.24) is 24.7 Å². The van der Waals surface area contributed by atoms with Gasteiger partial charge in [-0.15, -0.1) is 5.10 Å². The predicted octanol–water partition coefficient (Wildman–Crippen LogP) is 5.60. The van der Waals surface area contributed by atoms with Crippen LogP contribution in [0.4, 0.5) is 26.3 Å². The zero-order valence-electron chi connectivity index (χ0n) is 18.9. The van der Waals surface area contributed by atoms with Gasteiger partial charge in [0.15, 0.2) is 5.82 Å². The van der Waals surface area contributed by atoms with E-state index in [-0.39, 0.29) is 28.4 Å². The van der Waals surface area contributed by atoms with Crippen LogP contribution in [0.1, 0.15) is 55.3 Å². The fraction of sp³-hybridized carbons (Fsp3) is 0.348. The van der Waals surface area contributed by atoms with E-state index in [4.69, 9.17) is 4.74 Å². The van der Waals surface area contributed by atoms with Gasteiger partial charge in [-0.05, 0) is 44.9 Å². The molecule has 1 aliphatic rings. The average Bonchev–Trinajstić information content (AvgIpc) is 3.54. The van der Waals surface area contributed by atoms with Gasteiger partial charge in [0.05, 0.1) is 11.7 Å². The van der Waals surface area contributed by atoms with Crippen LogP contribution >= 0.6 is 0 Å². The summed E-state index contributed by atoms with van der Waals surface area (Å²) in [6.07, 6.45) is -5.21. The average molecular weight is 511 g/mol. The van der Waals surface area contributed by atoms with Crippen LogP contribution in [0.25, 0.3) is 23.2 Å². The Kier molecular flexibility index (Phi) is 6.58. The van der Waals surface area contributed by atoms with Crippen LogP contribution in [0.3, 0.4) is 0 Å². The second-order valence-electron chi connectivity index (χ2n) is 8.41. The molecule has 7 nitrogen and oxygen atoms in total. The molecule has 0 N–H and O–H groups in total. The molecule has 0 spiro atoms. The van der Waals surface area contributed by atoms with Crippen molar-refractivity contribution in [2.45, 2.75) is 51.1 Å². The third-order valence-corrected chi connectivity index (χ3v) is 5.09. The van der Waals surface area contributed by atoms with Crippen molar-refractivity contribution in [3.05, 3.63) is 59.4 Å². The molecule has 1 fully saturated rings. The van der Waals surface area contributed by atoms with Crippen molar-refractivity contribution in [2.75, 3.05) is 0 Å². The topological polar surface area (TPSA) is 82.8 Å². The number of carbonyl (C=O) groups is 1. The summed E-state index contributed by atoms with van der Waals surface area (Å²) < 4.78 is 85.0. The number of hydrogen-bond donors (Lipinski definition) is 0. The molecule has 0 saturated heterocycles. The molecule has 4 rings (SSSR count). The molecular formula is C23H19F6N5O2. The molecule has 3 aromatic heterocycles. The van der Waals surface area contributed by atoms with Crippen LogP contribution in [0.2, 0.25) is 0 Å². The Balaban J connectivity index is 1.72. The van der Waals surface area contributed by atoms with Gasteiger partial charge in [-0.25, -0.2) is 19.4 Å². The number of ether oxygens (including phenoxy) is 1. The van der Waals surface area contributed by atoms with E-state index in [2.05, 4.69) is 20.1 Å². The largest absolute Gasteiger partial charge is 0.459 e. The summed E-state index contributed by atoms with van der Waals surface area (Å²) in [5, 5.41) is 4.13. The summed E-state index contributed by atoms with van der Waals surface area (Å²) in [4.78, 5) is 23.8. The molecule has 1 saturated carbocycles. The number of nitrogens with zero attached hydrogens (tertiary/aromatic N) is 5. The molecule has 190 valence electrons. The zero-order valence-corrected chi connectivity index (χ0v) is 18.9. The maximum absolute atomic E-state index is 13.4. The molecule has 0 unspecified atom stereocenters. The highest BCUT2D eigenvalue weighted by atomic mass is 19.4. The van der Waals surface area contributed by atoms with E-state index in [9.17, 15) is 31.1 Å². The summed E-state index contributed by atoms with van der Waals surface area (Å²) in [7, 11) is 0. The van der Waals surface area contributed by atoms with E-state index in [1.54, 1.807) is 13.8 Å². The van der Waals surface area contributed by atoms with Gasteiger partial charge in [-0.1, -0.05) is 6.07 Å². The van der Waals surface area contributed by atoms with E-state index in [1.807, 2.05) is 0 Å². The summed E-state index contributed by atoms with van der Waals surface area (Å²) in [6, 6.07) is 4.10. The quantitative estimate of drug-likeness (QED) is 0.244. The van der Waals surface area contributed by atoms with Crippen molar-refractivity contribution in [3.8, 4) is 11.4 Å². The maximum Gasteiger partial charge on any atom is 0.433 e. The van der Waals surface area contributed by atoms with E-state index < -0.39 is 35.8 Å². The second-order valence-corrected chi connectivity index (χ2v) is 8.41. The molecule has 3 heterocycles. The third-order valence-electron chi connectivity index (χ3n) is 5.09. The Morgan fingerprint density at radius 3 is 2.31 bits per heavy atom. The molecule has 0 bridgehead atoms. The van der Waals surface area contributed by atoms with Crippen molar-refractivity contribution in [1.29, 1.82) is 0 Å². The fourth-order valence-electron chi connectivity index (χ4n) is 3.26. The number of aromatic nitrogens is 5. The van der Waals surface area contributed by atoms with Crippen molar-refractivity contribution < 1.29 is 35.9 Å². The molecule has 3 aromatic rings. The van der Waals surface area contributed by atoms with Gasteiger partial charge in [-0.2, -0.15) is 26.3 Å². The first-order chi connectivity index (χ1) is 16.8. The van der Waals surface area contributed by atoms with Gasteiger partial charge in [-0.3, -0.25) is 4.98 Å². The maximum atomic E-state index is 13.4. The first-order valence-electron chi connectivity index (χ1n) is 10.8. The predicted molar refractivity (Wildman–Crippen MR) is 115 cm³/mol. The zero-order chi connectivity index (χ0) is 26.3. The van der Waals surface area contributed by atoms with Crippen LogP contribution in [0.15, 0.2) is 36.8 Å². The Hall–Kier alpha value is -3.77. The monoisotopic (exact) mass is 511 g/mol. The van der Waals surface area contributed by atoms with Crippen molar-refractivity contribution in [2.24, 2.45) is 0 Å². The fourth-order valence-corrected chi connectivity index (χ4v) is 3.26. The Morgan fingerprint density at radius 2 is 1.75 bits per heavy atom. The minimum atomic E-state index is -4.67. The lowest BCUT2D eigenvalue weighted by molar-refractivity contribution is -0.142. The van der Waals surface area contributed by atoms with E-state index >= 15 is 0 Å². The molecule has 0 aliphatic heterocycles. The van der Waals surface area contributed by atoms with Crippen LogP contribution in [-0.2, 0) is 21.9 Å². The smallest absolute Gasteiger partial charge is 0.433 e. The highest BCUT2D eigenvalue weighted by molar-refractivity contribution is 6.20. The number of rotatable bonds is 6. The van der Waals surface area contributed by atoms with Gasteiger partial charge in [0, 0.05) is 35.1 Å². The van der Waals surface area contributed by atoms with E-state index in [0.717, 1.165) is 48.4 Å². The van der Waals surface area contributed by atoms with Gasteiger partial charge in [0.1, 0.15) is 17.7 Å². The van der Waals surface area contributed by atoms with Gasteiger partial charge in [0.2, 0.25) is 0 Å². The summed E-state index contributed by atoms with van der Waals surface area (Å²) in [5.74, 6) is -0.969. The molecule has 0 atom stereocenters. The highest BCUT2D eigenvalue weighted by Crippen LogP contribution is 2.41. The van der Waals surface area contributed by atoms with Gasteiger partial charge < -0.3 is 4.74 Å². The second kappa shape index (κ2) is 9.36. The number of alkyl halides is 6. The van der Waals surface area contributed by atoms with Crippen molar-refractivity contribution >= 4 is 17.7 Å². The van der Waals surface area contributed by atoms with Crippen LogP contribution in [0.5, 0.6) is 0 Å². The van der Waals surface area contributed by atoms with Crippen LogP contribution in [0, 0.1) is 0 Å². The number of halogens is 6. The third kappa shape index (κ3) is 5.89. The Bertz CT molecular complexity index is 1290. The summed E-state index contributed by atoms with van der Waals surface area (Å²) in [6.45, 7) is 3.18. The number of esters is 1. The Morgan fingerprint density at radius 1 is 1.06 bits per heavy atom. The minimum Gasteiger partial charge on any atom is -0.459 e. The summed E-state index contributed by atoms with van der Waals surface area (Å²) in [5.41, 5.74) is -1.98.